The van der Waals surface area contributed by atoms with Crippen LogP contribution in [0.4, 0.5) is 0 Å². The van der Waals surface area contributed by atoms with Crippen LogP contribution in [0.25, 0.3) is 11.2 Å². The van der Waals surface area contributed by atoms with E-state index in [1.807, 2.05) is 13.1 Å². The Balaban J connectivity index is 2.20. The van der Waals surface area contributed by atoms with E-state index >= 15 is 0 Å². The Kier molecular flexibility index (Phi) is 2.01. The van der Waals surface area contributed by atoms with Gasteiger partial charge in [-0.2, -0.15) is 0 Å². The van der Waals surface area contributed by atoms with Crippen molar-refractivity contribution in [2.75, 3.05) is 7.05 Å². The highest BCUT2D eigenvalue weighted by atomic mass is 15.1. The van der Waals surface area contributed by atoms with Crippen molar-refractivity contribution in [2.24, 2.45) is 0 Å². The molecule has 0 aromatic carbocycles. The number of hydrogen-bond donors (Lipinski definition) is 1. The molecule has 0 unspecified atom stereocenters. The summed E-state index contributed by atoms with van der Waals surface area (Å²) in [6, 6.07) is 0.578. The predicted octanol–water partition coefficient (Wildman–Crippen LogP) is 1.64. The first-order chi connectivity index (χ1) is 7.65. The Bertz CT molecular complexity index is 543. The molecule has 4 heteroatoms. The van der Waals surface area contributed by atoms with Crippen molar-refractivity contribution in [2.45, 2.75) is 32.9 Å². The molecule has 0 spiro atoms. The van der Waals surface area contributed by atoms with Gasteiger partial charge in [-0.3, -0.25) is 9.88 Å². The molecule has 3 rings (SSSR count). The van der Waals surface area contributed by atoms with E-state index < -0.39 is 0 Å². The van der Waals surface area contributed by atoms with E-state index in [1.165, 1.54) is 11.3 Å². The summed E-state index contributed by atoms with van der Waals surface area (Å²) >= 11 is 0. The summed E-state index contributed by atoms with van der Waals surface area (Å²) in [4.78, 5) is 14.7. The van der Waals surface area contributed by atoms with E-state index in [0.29, 0.717) is 6.04 Å². The molecule has 0 saturated heterocycles. The van der Waals surface area contributed by atoms with Crippen LogP contribution in [0.2, 0.25) is 0 Å². The zero-order valence-electron chi connectivity index (χ0n) is 9.91. The molecule has 1 N–H and O–H groups in total. The van der Waals surface area contributed by atoms with Gasteiger partial charge < -0.3 is 4.98 Å². The maximum atomic E-state index is 4.50. The van der Waals surface area contributed by atoms with E-state index in [1.54, 1.807) is 0 Å². The van der Waals surface area contributed by atoms with Crippen LogP contribution in [0.1, 0.15) is 23.9 Å². The Labute approximate surface area is 94.7 Å². The highest BCUT2D eigenvalue weighted by molar-refractivity contribution is 5.77. The van der Waals surface area contributed by atoms with Gasteiger partial charge in [0.1, 0.15) is 5.52 Å². The van der Waals surface area contributed by atoms with Gasteiger partial charge >= 0.3 is 0 Å². The van der Waals surface area contributed by atoms with Crippen molar-refractivity contribution in [1.29, 1.82) is 0 Å². The number of nitrogens with zero attached hydrogens (tertiary/aromatic N) is 3. The molecule has 0 saturated carbocycles. The molecule has 3 heterocycles. The average molecular weight is 216 g/mol. The standard InChI is InChI=1S/C12H16N4/c1-7-5-13-11-9-4-8(2)16(3)6-10(9)15-12(11)14-7/h5,8H,4,6H2,1-3H3,(H,14,15)/t8-/m1/s1. The summed E-state index contributed by atoms with van der Waals surface area (Å²) in [6.45, 7) is 5.19. The van der Waals surface area contributed by atoms with Crippen molar-refractivity contribution in [3.63, 3.8) is 0 Å². The smallest absolute Gasteiger partial charge is 0.156 e. The van der Waals surface area contributed by atoms with E-state index in [2.05, 4.69) is 33.8 Å². The van der Waals surface area contributed by atoms with Crippen LogP contribution in [0.5, 0.6) is 0 Å². The maximum Gasteiger partial charge on any atom is 0.156 e. The molecule has 2 aromatic rings. The van der Waals surface area contributed by atoms with E-state index in [-0.39, 0.29) is 0 Å². The third-order valence-corrected chi connectivity index (χ3v) is 3.47. The van der Waals surface area contributed by atoms with Gasteiger partial charge in [-0.1, -0.05) is 0 Å². The summed E-state index contributed by atoms with van der Waals surface area (Å²) in [5, 5.41) is 0. The Hall–Kier alpha value is -1.42. The largest absolute Gasteiger partial charge is 0.340 e. The fourth-order valence-electron chi connectivity index (χ4n) is 2.36. The summed E-state index contributed by atoms with van der Waals surface area (Å²) in [6.07, 6.45) is 2.91. The van der Waals surface area contributed by atoms with Crippen molar-refractivity contribution < 1.29 is 0 Å². The molecule has 0 radical (unpaired) electrons. The molecular formula is C12H16N4. The Morgan fingerprint density at radius 1 is 1.50 bits per heavy atom. The number of hydrogen-bond acceptors (Lipinski definition) is 3. The van der Waals surface area contributed by atoms with Crippen LogP contribution in [-0.4, -0.2) is 32.9 Å². The Morgan fingerprint density at radius 3 is 3.12 bits per heavy atom. The average Bonchev–Trinajstić information content (AvgIpc) is 2.55. The van der Waals surface area contributed by atoms with E-state index in [0.717, 1.165) is 29.8 Å². The quantitative estimate of drug-likeness (QED) is 0.728. The van der Waals surface area contributed by atoms with Crippen LogP contribution in [0, 0.1) is 6.92 Å². The number of nitrogens with one attached hydrogen (secondary N) is 1. The van der Waals surface area contributed by atoms with Crippen molar-refractivity contribution >= 4 is 11.2 Å². The molecular weight excluding hydrogens is 200 g/mol. The van der Waals surface area contributed by atoms with Crippen molar-refractivity contribution in [1.82, 2.24) is 19.9 Å². The second-order valence-corrected chi connectivity index (χ2v) is 4.76. The molecule has 0 bridgehead atoms. The second kappa shape index (κ2) is 3.28. The third kappa shape index (κ3) is 1.33. The van der Waals surface area contributed by atoms with Crippen LogP contribution >= 0.6 is 0 Å². The highest BCUT2D eigenvalue weighted by Gasteiger charge is 2.24. The number of aryl methyl sites for hydroxylation is 1. The minimum absolute atomic E-state index is 0.578. The fourth-order valence-corrected chi connectivity index (χ4v) is 2.36. The zero-order chi connectivity index (χ0) is 11.3. The van der Waals surface area contributed by atoms with Crippen LogP contribution < -0.4 is 0 Å². The molecule has 1 aliphatic heterocycles. The molecule has 84 valence electrons. The Morgan fingerprint density at radius 2 is 2.31 bits per heavy atom. The van der Waals surface area contributed by atoms with Crippen LogP contribution in [-0.2, 0) is 13.0 Å². The number of aromatic nitrogens is 3. The predicted molar refractivity (Wildman–Crippen MR) is 63.3 cm³/mol. The molecule has 4 nitrogen and oxygen atoms in total. The lowest BCUT2D eigenvalue weighted by Gasteiger charge is -2.29. The number of likely N-dealkylation sites (N-methyl/N-ethyl adjacent to an activating group) is 1. The van der Waals surface area contributed by atoms with Gasteiger partial charge in [0.15, 0.2) is 5.65 Å². The van der Waals surface area contributed by atoms with Gasteiger partial charge in [0, 0.05) is 30.0 Å². The first kappa shape index (κ1) is 9.78. The molecule has 0 fully saturated rings. The summed E-state index contributed by atoms with van der Waals surface area (Å²) in [5.74, 6) is 0. The molecule has 1 aliphatic rings. The lowest BCUT2D eigenvalue weighted by Crippen LogP contribution is -2.34. The fraction of sp³-hybridized carbons (Fsp3) is 0.500. The number of fused-ring (bicyclic) bond motifs is 3. The SMILES string of the molecule is Cc1cnc2c3c([nH]c2n1)CN(C)[C@H](C)C3. The number of H-pyrrole nitrogens is 1. The lowest BCUT2D eigenvalue weighted by atomic mass is 10.0. The number of rotatable bonds is 0. The van der Waals surface area contributed by atoms with Crippen molar-refractivity contribution in [3.8, 4) is 0 Å². The van der Waals surface area contributed by atoms with E-state index in [9.17, 15) is 0 Å². The summed E-state index contributed by atoms with van der Waals surface area (Å²) in [7, 11) is 2.16. The minimum atomic E-state index is 0.578. The number of aromatic amines is 1. The topological polar surface area (TPSA) is 44.8 Å². The van der Waals surface area contributed by atoms with Crippen LogP contribution in [0.15, 0.2) is 6.20 Å². The normalized spacial score (nSPS) is 21.3. The second-order valence-electron chi connectivity index (χ2n) is 4.76. The molecule has 0 aliphatic carbocycles. The van der Waals surface area contributed by atoms with Gasteiger partial charge in [-0.25, -0.2) is 4.98 Å². The van der Waals surface area contributed by atoms with Crippen LogP contribution in [0.3, 0.4) is 0 Å². The molecule has 2 aromatic heterocycles. The molecule has 16 heavy (non-hydrogen) atoms. The van der Waals surface area contributed by atoms with Gasteiger partial charge in [-0.05, 0) is 27.3 Å². The van der Waals surface area contributed by atoms with Gasteiger partial charge in [-0.15, -0.1) is 0 Å². The van der Waals surface area contributed by atoms with Gasteiger partial charge in [0.25, 0.3) is 0 Å². The van der Waals surface area contributed by atoms with Gasteiger partial charge in [0.2, 0.25) is 0 Å². The third-order valence-electron chi connectivity index (χ3n) is 3.47. The summed E-state index contributed by atoms with van der Waals surface area (Å²) < 4.78 is 0. The first-order valence-corrected chi connectivity index (χ1v) is 5.68. The minimum Gasteiger partial charge on any atom is -0.340 e. The van der Waals surface area contributed by atoms with E-state index in [4.69, 9.17) is 0 Å². The molecule has 0 amide bonds. The highest BCUT2D eigenvalue weighted by Crippen LogP contribution is 2.27. The monoisotopic (exact) mass is 216 g/mol. The maximum absolute atomic E-state index is 4.50. The first-order valence-electron chi connectivity index (χ1n) is 5.68. The van der Waals surface area contributed by atoms with Gasteiger partial charge in [0.05, 0.1) is 5.69 Å². The zero-order valence-corrected chi connectivity index (χ0v) is 9.91. The lowest BCUT2D eigenvalue weighted by molar-refractivity contribution is 0.229. The molecule has 1 atom stereocenters. The summed E-state index contributed by atoms with van der Waals surface area (Å²) in [5.41, 5.74) is 5.59. The van der Waals surface area contributed by atoms with Crippen molar-refractivity contribution in [3.05, 3.63) is 23.1 Å².